The molecule has 3 aromatic carbocycles. The molecule has 11 nitrogen and oxygen atoms in total. The first kappa shape index (κ1) is 36.5. The first-order valence-electron chi connectivity index (χ1n) is 17.2. The number of nitrogens with zero attached hydrogens (tertiary/aromatic N) is 9. The predicted molar refractivity (Wildman–Crippen MR) is 189 cm³/mol. The molecule has 0 unspecified atom stereocenters. The van der Waals surface area contributed by atoms with Gasteiger partial charge in [0.25, 0.3) is 11.7 Å². The number of anilines is 1. The van der Waals surface area contributed by atoms with E-state index < -0.39 is 17.9 Å². The van der Waals surface area contributed by atoms with Crippen molar-refractivity contribution in [3.63, 3.8) is 0 Å². The molecular formula is C37H41F4N9O2. The molecule has 0 aliphatic carbocycles. The molecule has 3 heterocycles. The summed E-state index contributed by atoms with van der Waals surface area (Å²) in [6, 6.07) is 18.5. The van der Waals surface area contributed by atoms with Crippen LogP contribution in [0.2, 0.25) is 0 Å². The number of imidazole rings is 1. The number of halogens is 4. The van der Waals surface area contributed by atoms with Crippen LogP contribution in [0, 0.1) is 5.82 Å². The summed E-state index contributed by atoms with van der Waals surface area (Å²) >= 11 is 0. The number of alkyl halides is 3. The van der Waals surface area contributed by atoms with E-state index >= 15 is 0 Å². The van der Waals surface area contributed by atoms with Crippen LogP contribution >= 0.6 is 0 Å². The molecular weight excluding hydrogens is 678 g/mol. The number of rotatable bonds is 12. The second kappa shape index (κ2) is 15.9. The van der Waals surface area contributed by atoms with Crippen LogP contribution in [0.4, 0.5) is 23.5 Å². The average Bonchev–Trinajstić information content (AvgIpc) is 3.72. The van der Waals surface area contributed by atoms with Crippen LogP contribution in [-0.2, 0) is 12.7 Å². The van der Waals surface area contributed by atoms with Crippen LogP contribution in [0.1, 0.15) is 47.4 Å². The lowest BCUT2D eigenvalue weighted by Crippen LogP contribution is -2.35. The molecule has 1 aliphatic rings. The Morgan fingerprint density at radius 1 is 1.04 bits per heavy atom. The molecule has 15 heteroatoms. The molecule has 1 atom stereocenters. The number of para-hydroxylation sites is 2. The highest BCUT2D eigenvalue weighted by atomic mass is 19.4. The number of aromatic nitrogens is 6. The highest BCUT2D eigenvalue weighted by Gasteiger charge is 2.38. The number of methoxy groups -OCH3 is 1. The zero-order valence-electron chi connectivity index (χ0n) is 29.3. The average molecular weight is 720 g/mol. The molecule has 0 spiro atoms. The van der Waals surface area contributed by atoms with Crippen LogP contribution in [0.25, 0.3) is 16.7 Å². The van der Waals surface area contributed by atoms with Gasteiger partial charge in [-0.15, -0.1) is 5.10 Å². The summed E-state index contributed by atoms with van der Waals surface area (Å²) in [5, 5.41) is 9.79. The van der Waals surface area contributed by atoms with E-state index in [4.69, 9.17) is 9.72 Å². The minimum absolute atomic E-state index is 0.0439. The molecule has 6 rings (SSSR count). The third-order valence-corrected chi connectivity index (χ3v) is 9.39. The van der Waals surface area contributed by atoms with E-state index in [1.165, 1.54) is 42.3 Å². The van der Waals surface area contributed by atoms with Gasteiger partial charge in [-0.05, 0) is 91.3 Å². The molecule has 0 radical (unpaired) electrons. The van der Waals surface area contributed by atoms with E-state index in [0.717, 1.165) is 68.2 Å². The number of ether oxygens (including phenoxy) is 1. The molecule has 1 fully saturated rings. The van der Waals surface area contributed by atoms with Crippen molar-refractivity contribution in [3.05, 3.63) is 102 Å². The lowest BCUT2D eigenvalue weighted by molar-refractivity contribution is -0.146. The molecule has 274 valence electrons. The molecule has 5 aromatic rings. The maximum atomic E-state index is 14.0. The van der Waals surface area contributed by atoms with Gasteiger partial charge in [0.2, 0.25) is 5.95 Å². The molecule has 0 N–H and O–H groups in total. The summed E-state index contributed by atoms with van der Waals surface area (Å²) in [5.74, 6) is -1.15. The van der Waals surface area contributed by atoms with Crippen LogP contribution in [-0.4, -0.2) is 98.9 Å². The molecule has 0 bridgehead atoms. The number of carbonyl (C=O) groups is 1. The van der Waals surface area contributed by atoms with Crippen molar-refractivity contribution in [3.8, 4) is 11.4 Å². The van der Waals surface area contributed by atoms with Gasteiger partial charge >= 0.3 is 6.18 Å². The number of allylic oxidation sites excluding steroid dienone is 2. The predicted octanol–water partition coefficient (Wildman–Crippen LogP) is 6.21. The van der Waals surface area contributed by atoms with Gasteiger partial charge in [-0.25, -0.2) is 9.37 Å². The number of amides is 1. The maximum absolute atomic E-state index is 14.0. The summed E-state index contributed by atoms with van der Waals surface area (Å²) in [5.41, 5.74) is 2.95. The standard InChI is InChI=1S/C37H41F4N9O2/c1-4-5-20-49-32-10-7-6-9-31(32)42-36(49)48-19-8-18-47(22-23-48)21-17-27(26-11-13-28(38)14-12-26)25-46(2)34(51)30-24-29(15-16-33(30)52-3)50-35(37(39,40)41)43-44-45-50/h4-7,9-16,24,27H,8,17-23,25H2,1-3H3/b5-4+/t27-/m1/s1. The van der Waals surface area contributed by atoms with Gasteiger partial charge in [0.15, 0.2) is 0 Å². The Bertz CT molecular complexity index is 2010. The van der Waals surface area contributed by atoms with Crippen molar-refractivity contribution in [2.45, 2.75) is 38.4 Å². The number of hydrogen-bond donors (Lipinski definition) is 0. The molecule has 1 aliphatic heterocycles. The summed E-state index contributed by atoms with van der Waals surface area (Å²) in [7, 11) is 3.01. The Balaban J connectivity index is 1.17. The lowest BCUT2D eigenvalue weighted by atomic mass is 9.94. The number of likely N-dealkylation sites (N-methyl/N-ethyl adjacent to an activating group) is 1. The summed E-state index contributed by atoms with van der Waals surface area (Å²) in [6.07, 6.45) is 0.994. The fourth-order valence-corrected chi connectivity index (χ4v) is 6.68. The van der Waals surface area contributed by atoms with E-state index in [9.17, 15) is 22.4 Å². The molecule has 1 saturated heterocycles. The van der Waals surface area contributed by atoms with E-state index in [-0.39, 0.29) is 35.3 Å². The fraction of sp³-hybridized carbons (Fsp3) is 0.378. The van der Waals surface area contributed by atoms with Gasteiger partial charge in [0.1, 0.15) is 11.6 Å². The minimum atomic E-state index is -4.80. The van der Waals surface area contributed by atoms with Crippen LogP contribution in [0.3, 0.4) is 0 Å². The van der Waals surface area contributed by atoms with Crippen molar-refractivity contribution in [2.75, 3.05) is 58.3 Å². The Hall–Kier alpha value is -5.31. The Kier molecular flexibility index (Phi) is 11.2. The molecule has 52 heavy (non-hydrogen) atoms. The number of tetrazole rings is 1. The monoisotopic (exact) mass is 719 g/mol. The van der Waals surface area contributed by atoms with E-state index in [1.807, 2.05) is 31.2 Å². The van der Waals surface area contributed by atoms with Crippen LogP contribution in [0.15, 0.2) is 78.9 Å². The first-order valence-corrected chi connectivity index (χ1v) is 17.2. The smallest absolute Gasteiger partial charge is 0.453 e. The second-order valence-corrected chi connectivity index (χ2v) is 12.8. The summed E-state index contributed by atoms with van der Waals surface area (Å²) in [6.45, 7) is 7.13. The van der Waals surface area contributed by atoms with E-state index in [2.05, 4.69) is 42.0 Å². The van der Waals surface area contributed by atoms with Crippen LogP contribution in [0.5, 0.6) is 5.75 Å². The van der Waals surface area contributed by atoms with Crippen molar-refractivity contribution in [1.29, 1.82) is 0 Å². The Morgan fingerprint density at radius 3 is 2.58 bits per heavy atom. The molecule has 0 saturated carbocycles. The normalized spacial score (nSPS) is 14.9. The minimum Gasteiger partial charge on any atom is -0.496 e. The summed E-state index contributed by atoms with van der Waals surface area (Å²) < 4.78 is 62.9. The van der Waals surface area contributed by atoms with E-state index in [0.29, 0.717) is 11.1 Å². The van der Waals surface area contributed by atoms with Crippen molar-refractivity contribution >= 4 is 22.9 Å². The van der Waals surface area contributed by atoms with Crippen molar-refractivity contribution in [1.82, 2.24) is 39.6 Å². The quantitative estimate of drug-likeness (QED) is 0.111. The van der Waals surface area contributed by atoms with Gasteiger partial charge in [0, 0.05) is 45.7 Å². The first-order chi connectivity index (χ1) is 25.1. The fourth-order valence-electron chi connectivity index (χ4n) is 6.68. The SMILES string of the molecule is C/C=C/Cn1c(N2CCCN(CC[C@H](CN(C)C(=O)c3cc(-n4nnnc4C(F)(F)F)ccc3OC)c3ccc(F)cc3)CC2)nc2ccccc21. The number of benzene rings is 3. The Morgan fingerprint density at radius 2 is 1.83 bits per heavy atom. The third-order valence-electron chi connectivity index (χ3n) is 9.39. The van der Waals surface area contributed by atoms with Gasteiger partial charge in [-0.3, -0.25) is 4.79 Å². The highest BCUT2D eigenvalue weighted by Crippen LogP contribution is 2.31. The zero-order chi connectivity index (χ0) is 36.8. The van der Waals surface area contributed by atoms with Gasteiger partial charge in [-0.1, -0.05) is 36.4 Å². The van der Waals surface area contributed by atoms with E-state index in [1.54, 1.807) is 19.2 Å². The van der Waals surface area contributed by atoms with Gasteiger partial charge in [-0.2, -0.15) is 17.9 Å². The van der Waals surface area contributed by atoms with Crippen molar-refractivity contribution in [2.24, 2.45) is 0 Å². The zero-order valence-corrected chi connectivity index (χ0v) is 29.3. The maximum Gasteiger partial charge on any atom is 0.453 e. The lowest BCUT2D eigenvalue weighted by Gasteiger charge is -2.28. The highest BCUT2D eigenvalue weighted by molar-refractivity contribution is 5.97. The molecule has 1 amide bonds. The third kappa shape index (κ3) is 8.09. The summed E-state index contributed by atoms with van der Waals surface area (Å²) in [4.78, 5) is 25.2. The van der Waals surface area contributed by atoms with Gasteiger partial charge < -0.3 is 24.0 Å². The van der Waals surface area contributed by atoms with Crippen molar-refractivity contribution < 1.29 is 27.1 Å². The second-order valence-electron chi connectivity index (χ2n) is 12.8. The number of fused-ring (bicyclic) bond motifs is 1. The largest absolute Gasteiger partial charge is 0.496 e. The number of carbonyl (C=O) groups excluding carboxylic acids is 1. The Labute approximate surface area is 299 Å². The number of hydrogen-bond acceptors (Lipinski definition) is 8. The van der Waals surface area contributed by atoms with Crippen LogP contribution < -0.4 is 9.64 Å². The molecule has 2 aromatic heterocycles. The van der Waals surface area contributed by atoms with Gasteiger partial charge in [0.05, 0.1) is 29.4 Å². The topological polar surface area (TPSA) is 97.4 Å².